The maximum Gasteiger partial charge on any atom is 0.131 e. The smallest absolute Gasteiger partial charge is 0.131 e. The highest BCUT2D eigenvalue weighted by Crippen LogP contribution is 2.32. The Morgan fingerprint density at radius 3 is 2.71 bits per heavy atom. The van der Waals surface area contributed by atoms with Crippen LogP contribution in [0.4, 0.5) is 4.39 Å². The summed E-state index contributed by atoms with van der Waals surface area (Å²) in [7, 11) is 1.60. The molecule has 0 amide bonds. The summed E-state index contributed by atoms with van der Waals surface area (Å²) in [5.41, 5.74) is 0.661. The van der Waals surface area contributed by atoms with Gasteiger partial charge in [0.1, 0.15) is 11.6 Å². The van der Waals surface area contributed by atoms with E-state index in [1.54, 1.807) is 13.2 Å². The second-order valence-electron chi connectivity index (χ2n) is 5.61. The van der Waals surface area contributed by atoms with Gasteiger partial charge in [-0.15, -0.1) is 0 Å². The van der Waals surface area contributed by atoms with Crippen LogP contribution in [0.3, 0.4) is 0 Å². The van der Waals surface area contributed by atoms with Crippen molar-refractivity contribution in [3.05, 3.63) is 29.6 Å². The average molecular weight is 294 g/mol. The van der Waals surface area contributed by atoms with E-state index in [9.17, 15) is 4.39 Å². The first-order chi connectivity index (χ1) is 10.2. The van der Waals surface area contributed by atoms with Gasteiger partial charge in [0.25, 0.3) is 0 Å². The SMILES string of the molecule is CCNC(CCN(CC)C1CC1)c1c(F)cccc1OC. The van der Waals surface area contributed by atoms with Gasteiger partial charge < -0.3 is 15.0 Å². The summed E-state index contributed by atoms with van der Waals surface area (Å²) in [5.74, 6) is 0.449. The molecule has 0 aromatic heterocycles. The minimum atomic E-state index is -0.185. The zero-order chi connectivity index (χ0) is 15.2. The van der Waals surface area contributed by atoms with Crippen LogP contribution in [-0.4, -0.2) is 37.7 Å². The normalized spacial score (nSPS) is 16.2. The van der Waals surface area contributed by atoms with Gasteiger partial charge in [-0.2, -0.15) is 0 Å². The summed E-state index contributed by atoms with van der Waals surface area (Å²) in [6.07, 6.45) is 3.51. The fraction of sp³-hybridized carbons (Fsp3) is 0.647. The van der Waals surface area contributed by atoms with Crippen molar-refractivity contribution in [3.8, 4) is 5.75 Å². The number of ether oxygens (including phenoxy) is 1. The lowest BCUT2D eigenvalue weighted by molar-refractivity contribution is 0.257. The molecule has 4 heteroatoms. The Kier molecular flexibility index (Phi) is 6.00. The van der Waals surface area contributed by atoms with Gasteiger partial charge in [-0.05, 0) is 44.5 Å². The number of nitrogens with one attached hydrogen (secondary N) is 1. The van der Waals surface area contributed by atoms with E-state index in [0.717, 1.165) is 32.1 Å². The monoisotopic (exact) mass is 294 g/mol. The van der Waals surface area contributed by atoms with Crippen molar-refractivity contribution < 1.29 is 9.13 Å². The summed E-state index contributed by atoms with van der Waals surface area (Å²) in [5, 5.41) is 3.41. The molecule has 0 heterocycles. The van der Waals surface area contributed by atoms with Crippen molar-refractivity contribution in [2.24, 2.45) is 0 Å². The van der Waals surface area contributed by atoms with Crippen molar-refractivity contribution in [1.82, 2.24) is 10.2 Å². The largest absolute Gasteiger partial charge is 0.496 e. The Bertz CT molecular complexity index is 448. The quantitative estimate of drug-likeness (QED) is 0.756. The second kappa shape index (κ2) is 7.76. The van der Waals surface area contributed by atoms with Crippen LogP contribution in [0.25, 0.3) is 0 Å². The van der Waals surface area contributed by atoms with Crippen molar-refractivity contribution in [1.29, 1.82) is 0 Å². The van der Waals surface area contributed by atoms with Crippen LogP contribution < -0.4 is 10.1 Å². The van der Waals surface area contributed by atoms with E-state index in [1.165, 1.54) is 18.9 Å². The summed E-state index contributed by atoms with van der Waals surface area (Å²) in [6, 6.07) is 5.80. The zero-order valence-electron chi connectivity index (χ0n) is 13.4. The molecule has 1 saturated carbocycles. The van der Waals surface area contributed by atoms with Crippen molar-refractivity contribution in [2.75, 3.05) is 26.7 Å². The van der Waals surface area contributed by atoms with Crippen molar-refractivity contribution in [2.45, 2.75) is 45.2 Å². The highest BCUT2D eigenvalue weighted by Gasteiger charge is 2.28. The van der Waals surface area contributed by atoms with Gasteiger partial charge >= 0.3 is 0 Å². The molecule has 21 heavy (non-hydrogen) atoms. The molecule has 0 saturated heterocycles. The molecule has 1 aliphatic carbocycles. The van der Waals surface area contributed by atoms with Gasteiger partial charge in [0.2, 0.25) is 0 Å². The molecule has 118 valence electrons. The van der Waals surface area contributed by atoms with Crippen LogP contribution in [0.2, 0.25) is 0 Å². The molecule has 1 aliphatic rings. The van der Waals surface area contributed by atoms with Crippen LogP contribution >= 0.6 is 0 Å². The van der Waals surface area contributed by atoms with Gasteiger partial charge in [0.15, 0.2) is 0 Å². The molecule has 0 bridgehead atoms. The Morgan fingerprint density at radius 1 is 1.38 bits per heavy atom. The molecule has 0 radical (unpaired) electrons. The molecule has 1 fully saturated rings. The van der Waals surface area contributed by atoms with Crippen LogP contribution in [0, 0.1) is 5.82 Å². The topological polar surface area (TPSA) is 24.5 Å². The van der Waals surface area contributed by atoms with Gasteiger partial charge in [-0.3, -0.25) is 0 Å². The van der Waals surface area contributed by atoms with Gasteiger partial charge in [-0.25, -0.2) is 4.39 Å². The van der Waals surface area contributed by atoms with Crippen LogP contribution in [0.1, 0.15) is 44.7 Å². The standard InChI is InChI=1S/C17H27FN2O/c1-4-19-15(11-12-20(5-2)13-9-10-13)17-14(18)7-6-8-16(17)21-3/h6-8,13,15,19H,4-5,9-12H2,1-3H3. The molecule has 0 aliphatic heterocycles. The predicted octanol–water partition coefficient (Wildman–Crippen LogP) is 3.36. The lowest BCUT2D eigenvalue weighted by Gasteiger charge is -2.26. The van der Waals surface area contributed by atoms with E-state index < -0.39 is 0 Å². The molecular weight excluding hydrogens is 267 g/mol. The van der Waals surface area contributed by atoms with Gasteiger partial charge in [0.05, 0.1) is 7.11 Å². The molecule has 1 N–H and O–H groups in total. The van der Waals surface area contributed by atoms with Crippen LogP contribution in [0.5, 0.6) is 5.75 Å². The van der Waals surface area contributed by atoms with Crippen molar-refractivity contribution >= 4 is 0 Å². The zero-order valence-corrected chi connectivity index (χ0v) is 13.4. The lowest BCUT2D eigenvalue weighted by Crippen LogP contribution is -2.31. The lowest BCUT2D eigenvalue weighted by atomic mass is 10.0. The summed E-state index contributed by atoms with van der Waals surface area (Å²) in [4.78, 5) is 2.50. The molecule has 3 nitrogen and oxygen atoms in total. The maximum atomic E-state index is 14.3. The first kappa shape index (κ1) is 16.2. The highest BCUT2D eigenvalue weighted by molar-refractivity contribution is 5.37. The van der Waals surface area contributed by atoms with Gasteiger partial charge in [0, 0.05) is 24.2 Å². The average Bonchev–Trinajstić information content (AvgIpc) is 3.31. The molecule has 2 rings (SSSR count). The Morgan fingerprint density at radius 2 is 2.14 bits per heavy atom. The number of halogens is 1. The molecular formula is C17H27FN2O. The molecule has 1 atom stereocenters. The van der Waals surface area contributed by atoms with E-state index in [2.05, 4.69) is 24.1 Å². The minimum absolute atomic E-state index is 0.000972. The minimum Gasteiger partial charge on any atom is -0.496 e. The van der Waals surface area contributed by atoms with E-state index in [1.807, 2.05) is 6.07 Å². The first-order valence-electron chi connectivity index (χ1n) is 8.01. The Balaban J connectivity index is 2.10. The third kappa shape index (κ3) is 4.17. The number of nitrogens with zero attached hydrogens (tertiary/aromatic N) is 1. The fourth-order valence-electron chi connectivity index (χ4n) is 2.96. The number of hydrogen-bond donors (Lipinski definition) is 1. The molecule has 1 aromatic rings. The predicted molar refractivity (Wildman–Crippen MR) is 84.3 cm³/mol. The summed E-state index contributed by atoms with van der Waals surface area (Å²) >= 11 is 0. The number of benzene rings is 1. The number of hydrogen-bond acceptors (Lipinski definition) is 3. The third-order valence-electron chi connectivity index (χ3n) is 4.21. The summed E-state index contributed by atoms with van der Waals surface area (Å²) in [6.45, 7) is 7.13. The second-order valence-corrected chi connectivity index (χ2v) is 5.61. The number of rotatable bonds is 9. The highest BCUT2D eigenvalue weighted by atomic mass is 19.1. The Labute approximate surface area is 127 Å². The molecule has 1 aromatic carbocycles. The summed E-state index contributed by atoms with van der Waals surface area (Å²) < 4.78 is 19.6. The van der Waals surface area contributed by atoms with Crippen LogP contribution in [-0.2, 0) is 0 Å². The third-order valence-corrected chi connectivity index (χ3v) is 4.21. The fourth-order valence-corrected chi connectivity index (χ4v) is 2.96. The molecule has 0 spiro atoms. The van der Waals surface area contributed by atoms with E-state index in [0.29, 0.717) is 11.3 Å². The van der Waals surface area contributed by atoms with E-state index >= 15 is 0 Å². The van der Waals surface area contributed by atoms with Crippen LogP contribution in [0.15, 0.2) is 18.2 Å². The van der Waals surface area contributed by atoms with Crippen molar-refractivity contribution in [3.63, 3.8) is 0 Å². The molecule has 1 unspecified atom stereocenters. The Hall–Kier alpha value is -1.13. The van der Waals surface area contributed by atoms with E-state index in [-0.39, 0.29) is 11.9 Å². The first-order valence-corrected chi connectivity index (χ1v) is 8.01. The number of methoxy groups -OCH3 is 1. The van der Waals surface area contributed by atoms with E-state index in [4.69, 9.17) is 4.74 Å². The maximum absolute atomic E-state index is 14.3. The van der Waals surface area contributed by atoms with Gasteiger partial charge in [-0.1, -0.05) is 19.9 Å².